The van der Waals surface area contributed by atoms with Crippen LogP contribution in [0.3, 0.4) is 0 Å². The number of rotatable bonds is 4. The van der Waals surface area contributed by atoms with Gasteiger partial charge in [0.1, 0.15) is 11.5 Å². The molecule has 0 radical (unpaired) electrons. The Bertz CT molecular complexity index is 1090. The number of pyridine rings is 1. The molecule has 1 aliphatic rings. The van der Waals surface area contributed by atoms with Crippen molar-refractivity contribution in [3.8, 4) is 0 Å². The van der Waals surface area contributed by atoms with Crippen molar-refractivity contribution in [3.05, 3.63) is 54.6 Å². The molecule has 9 heteroatoms. The third-order valence-electron chi connectivity index (χ3n) is 4.35. The second-order valence-corrected chi connectivity index (χ2v) is 8.59. The summed E-state index contributed by atoms with van der Waals surface area (Å²) in [7, 11) is -2.97. The number of para-hydroxylation sites is 1. The predicted octanol–water partition coefficient (Wildman–Crippen LogP) is 1.88. The van der Waals surface area contributed by atoms with E-state index in [-0.39, 0.29) is 23.2 Å². The summed E-state index contributed by atoms with van der Waals surface area (Å²) in [4.78, 5) is 25.1. The fourth-order valence-electron chi connectivity index (χ4n) is 3.03. The summed E-state index contributed by atoms with van der Waals surface area (Å²) in [6.07, 6.45) is 5.00. The summed E-state index contributed by atoms with van der Waals surface area (Å²) in [5.74, 6) is 0.318. The van der Waals surface area contributed by atoms with Crippen LogP contribution in [0.5, 0.6) is 0 Å². The Morgan fingerprint density at radius 2 is 1.93 bits per heavy atom. The van der Waals surface area contributed by atoms with Crippen molar-refractivity contribution in [2.24, 2.45) is 0 Å². The molecule has 1 fully saturated rings. The molecule has 3 aromatic rings. The molecule has 8 nitrogen and oxygen atoms in total. The Balaban J connectivity index is 1.46. The molecule has 0 spiro atoms. The molecule has 1 aromatic carbocycles. The van der Waals surface area contributed by atoms with Crippen LogP contribution in [-0.4, -0.2) is 46.8 Å². The van der Waals surface area contributed by atoms with Crippen molar-refractivity contribution in [2.75, 3.05) is 22.1 Å². The van der Waals surface area contributed by atoms with E-state index in [1.54, 1.807) is 12.3 Å². The number of hydrogen-bond donors (Lipinski definition) is 2. The van der Waals surface area contributed by atoms with E-state index in [4.69, 9.17) is 0 Å². The van der Waals surface area contributed by atoms with Crippen LogP contribution in [0, 0.1) is 0 Å². The van der Waals surface area contributed by atoms with E-state index in [0.29, 0.717) is 23.4 Å². The van der Waals surface area contributed by atoms with Crippen molar-refractivity contribution >= 4 is 38.2 Å². The van der Waals surface area contributed by atoms with Crippen LogP contribution < -0.4 is 10.6 Å². The second kappa shape index (κ2) is 6.92. The molecule has 0 aliphatic carbocycles. The van der Waals surface area contributed by atoms with Crippen molar-refractivity contribution in [2.45, 2.75) is 12.5 Å². The molecular weight excluding hydrogens is 366 g/mol. The van der Waals surface area contributed by atoms with Crippen LogP contribution >= 0.6 is 0 Å². The molecule has 1 atom stereocenters. The molecule has 1 unspecified atom stereocenters. The topological polar surface area (TPSA) is 114 Å². The van der Waals surface area contributed by atoms with Gasteiger partial charge in [-0.25, -0.2) is 18.4 Å². The average molecular weight is 383 g/mol. The lowest BCUT2D eigenvalue weighted by Crippen LogP contribution is -2.22. The molecular formula is C18H17N5O3S. The van der Waals surface area contributed by atoms with Gasteiger partial charge in [-0.2, -0.15) is 0 Å². The highest BCUT2D eigenvalue weighted by atomic mass is 32.2. The number of carbonyl (C=O) groups excluding carboxylic acids is 1. The maximum Gasteiger partial charge on any atom is 0.275 e. The fraction of sp³-hybridized carbons (Fsp3) is 0.222. The van der Waals surface area contributed by atoms with Gasteiger partial charge in [-0.05, 0) is 18.6 Å². The molecule has 3 heterocycles. The van der Waals surface area contributed by atoms with Gasteiger partial charge in [-0.3, -0.25) is 9.78 Å². The highest BCUT2D eigenvalue weighted by Gasteiger charge is 2.28. The van der Waals surface area contributed by atoms with Crippen molar-refractivity contribution in [1.82, 2.24) is 15.0 Å². The number of hydrogen-bond acceptors (Lipinski definition) is 7. The number of sulfone groups is 1. The fourth-order valence-corrected chi connectivity index (χ4v) is 4.70. The van der Waals surface area contributed by atoms with Crippen LogP contribution in [0.1, 0.15) is 16.9 Å². The van der Waals surface area contributed by atoms with Crippen molar-refractivity contribution in [1.29, 1.82) is 0 Å². The lowest BCUT2D eigenvalue weighted by atomic mass is 10.2. The Kier molecular flexibility index (Phi) is 4.44. The van der Waals surface area contributed by atoms with Gasteiger partial charge in [-0.15, -0.1) is 0 Å². The minimum Gasteiger partial charge on any atom is -0.365 e. The number of anilines is 2. The highest BCUT2D eigenvalue weighted by Crippen LogP contribution is 2.21. The predicted molar refractivity (Wildman–Crippen MR) is 102 cm³/mol. The van der Waals surface area contributed by atoms with Crippen LogP contribution in [0.2, 0.25) is 0 Å². The molecule has 4 rings (SSSR count). The number of nitrogens with one attached hydrogen (secondary N) is 2. The second-order valence-electron chi connectivity index (χ2n) is 6.37. The molecule has 0 bridgehead atoms. The van der Waals surface area contributed by atoms with Gasteiger partial charge in [-0.1, -0.05) is 18.2 Å². The van der Waals surface area contributed by atoms with Crippen LogP contribution in [0.25, 0.3) is 10.9 Å². The summed E-state index contributed by atoms with van der Waals surface area (Å²) in [5, 5.41) is 6.77. The quantitative estimate of drug-likeness (QED) is 0.707. The molecule has 1 saturated heterocycles. The van der Waals surface area contributed by atoms with Gasteiger partial charge in [0.15, 0.2) is 9.84 Å². The molecule has 0 saturated carbocycles. The number of carbonyl (C=O) groups is 1. The lowest BCUT2D eigenvalue weighted by molar-refractivity contribution is 0.102. The monoisotopic (exact) mass is 383 g/mol. The normalized spacial score (nSPS) is 18.3. The van der Waals surface area contributed by atoms with E-state index in [0.717, 1.165) is 5.39 Å². The number of fused-ring (bicyclic) bond motifs is 1. The van der Waals surface area contributed by atoms with E-state index in [1.807, 2.05) is 24.3 Å². The van der Waals surface area contributed by atoms with E-state index in [2.05, 4.69) is 25.6 Å². The molecule has 2 aromatic heterocycles. The first-order valence-electron chi connectivity index (χ1n) is 8.44. The number of amides is 1. The van der Waals surface area contributed by atoms with Crippen LogP contribution in [-0.2, 0) is 9.84 Å². The first-order chi connectivity index (χ1) is 13.0. The summed E-state index contributed by atoms with van der Waals surface area (Å²) < 4.78 is 23.0. The van der Waals surface area contributed by atoms with Gasteiger partial charge in [0.25, 0.3) is 5.91 Å². The Labute approximate surface area is 156 Å². The summed E-state index contributed by atoms with van der Waals surface area (Å²) in [5.41, 5.74) is 1.45. The highest BCUT2D eigenvalue weighted by molar-refractivity contribution is 7.91. The zero-order valence-electron chi connectivity index (χ0n) is 14.3. The van der Waals surface area contributed by atoms with Gasteiger partial charge >= 0.3 is 0 Å². The Hall–Kier alpha value is -3.07. The number of nitrogens with zero attached hydrogens (tertiary/aromatic N) is 3. The number of aromatic nitrogens is 3. The third kappa shape index (κ3) is 3.87. The first kappa shape index (κ1) is 17.3. The zero-order valence-corrected chi connectivity index (χ0v) is 15.1. The molecule has 1 aliphatic heterocycles. The largest absolute Gasteiger partial charge is 0.365 e. The van der Waals surface area contributed by atoms with Crippen molar-refractivity contribution in [3.63, 3.8) is 0 Å². The van der Waals surface area contributed by atoms with E-state index < -0.39 is 15.7 Å². The third-order valence-corrected chi connectivity index (χ3v) is 6.12. The standard InChI is InChI=1S/C18H17N5O3S/c24-18(23-14-5-1-3-12-4-2-7-19-17(12)14)15-9-21-16(10-20-15)22-13-6-8-27(25,26)11-13/h1-5,7,9-10,13H,6,8,11H2,(H,21,22)(H,23,24). The minimum absolute atomic E-state index is 0.0883. The van der Waals surface area contributed by atoms with Gasteiger partial charge < -0.3 is 10.6 Å². The molecule has 2 N–H and O–H groups in total. The Morgan fingerprint density at radius 3 is 2.67 bits per heavy atom. The minimum atomic E-state index is -2.97. The maximum absolute atomic E-state index is 12.5. The lowest BCUT2D eigenvalue weighted by Gasteiger charge is -2.11. The summed E-state index contributed by atoms with van der Waals surface area (Å²) in [6, 6.07) is 9.11. The average Bonchev–Trinajstić information content (AvgIpc) is 3.01. The zero-order chi connectivity index (χ0) is 18.9. The van der Waals surface area contributed by atoms with Gasteiger partial charge in [0.2, 0.25) is 0 Å². The molecule has 138 valence electrons. The smallest absolute Gasteiger partial charge is 0.275 e. The van der Waals surface area contributed by atoms with Crippen LogP contribution in [0.15, 0.2) is 48.9 Å². The SMILES string of the molecule is O=C(Nc1cccc2cccnc12)c1cnc(NC2CCS(=O)(=O)C2)cn1. The number of benzene rings is 1. The van der Waals surface area contributed by atoms with E-state index in [1.165, 1.54) is 12.4 Å². The summed E-state index contributed by atoms with van der Waals surface area (Å²) >= 11 is 0. The summed E-state index contributed by atoms with van der Waals surface area (Å²) in [6.45, 7) is 0. The molecule has 27 heavy (non-hydrogen) atoms. The molecule has 1 amide bonds. The van der Waals surface area contributed by atoms with Crippen molar-refractivity contribution < 1.29 is 13.2 Å². The van der Waals surface area contributed by atoms with E-state index in [9.17, 15) is 13.2 Å². The first-order valence-corrected chi connectivity index (χ1v) is 10.3. The van der Waals surface area contributed by atoms with Gasteiger partial charge in [0, 0.05) is 17.6 Å². The maximum atomic E-state index is 12.5. The van der Waals surface area contributed by atoms with E-state index >= 15 is 0 Å². The van der Waals surface area contributed by atoms with Crippen LogP contribution in [0.4, 0.5) is 11.5 Å². The van der Waals surface area contributed by atoms with Gasteiger partial charge in [0.05, 0.1) is 35.1 Å². The Morgan fingerprint density at radius 1 is 1.07 bits per heavy atom.